The monoisotopic (exact) mass is 318 g/mol. The van der Waals surface area contributed by atoms with Crippen molar-refractivity contribution in [3.05, 3.63) is 35.9 Å². The molecule has 1 N–H and O–H groups in total. The van der Waals surface area contributed by atoms with E-state index in [1.807, 2.05) is 30.3 Å². The maximum Gasteiger partial charge on any atom is 0.220 e. The number of hydrogen-bond donors (Lipinski definition) is 1. The number of hydrogen-bond acceptors (Lipinski definition) is 3. The molecule has 128 valence electrons. The van der Waals surface area contributed by atoms with Crippen LogP contribution in [0.25, 0.3) is 0 Å². The van der Waals surface area contributed by atoms with Crippen molar-refractivity contribution in [3.63, 3.8) is 0 Å². The number of benzene rings is 1. The topological polar surface area (TPSA) is 49.4 Å². The number of amides is 1. The Hall–Kier alpha value is -1.68. The molecule has 0 aliphatic heterocycles. The lowest BCUT2D eigenvalue weighted by atomic mass is 10.1. The predicted octanol–water partition coefficient (Wildman–Crippen LogP) is 3.28. The molecule has 0 heterocycles. The molecule has 1 aromatic carbocycles. The molecule has 0 saturated heterocycles. The highest BCUT2D eigenvalue weighted by Gasteiger charge is 2.07. The van der Waals surface area contributed by atoms with Crippen molar-refractivity contribution >= 4 is 11.7 Å². The number of Topliss-reactive ketones (excluding diaryl/α,β-unsaturated/α-hetero) is 1. The highest BCUT2D eigenvalue weighted by atomic mass is 16.1. The quantitative estimate of drug-likeness (QED) is 0.475. The Morgan fingerprint density at radius 3 is 2.30 bits per heavy atom. The zero-order chi connectivity index (χ0) is 16.9. The van der Waals surface area contributed by atoms with Crippen molar-refractivity contribution in [2.24, 2.45) is 0 Å². The largest absolute Gasteiger partial charge is 0.356 e. The molecule has 0 bridgehead atoms. The van der Waals surface area contributed by atoms with Crippen LogP contribution in [0.1, 0.15) is 56.3 Å². The number of carbonyl (C=O) groups excluding carboxylic acids is 2. The van der Waals surface area contributed by atoms with Crippen LogP contribution in [0.3, 0.4) is 0 Å². The van der Waals surface area contributed by atoms with Crippen molar-refractivity contribution in [1.29, 1.82) is 0 Å². The van der Waals surface area contributed by atoms with Crippen LogP contribution >= 0.6 is 0 Å². The lowest BCUT2D eigenvalue weighted by molar-refractivity contribution is -0.121. The van der Waals surface area contributed by atoms with Gasteiger partial charge in [0.25, 0.3) is 0 Å². The first-order valence-electron chi connectivity index (χ1n) is 8.74. The molecule has 0 radical (unpaired) electrons. The summed E-state index contributed by atoms with van der Waals surface area (Å²) in [5, 5.41) is 2.94. The summed E-state index contributed by atoms with van der Waals surface area (Å²) in [4.78, 5) is 26.0. The van der Waals surface area contributed by atoms with Gasteiger partial charge < -0.3 is 10.2 Å². The third-order valence-electron chi connectivity index (χ3n) is 4.02. The molecule has 4 heteroatoms. The molecule has 1 rings (SSSR count). The van der Waals surface area contributed by atoms with Gasteiger partial charge in [0, 0.05) is 24.9 Å². The average molecular weight is 318 g/mol. The van der Waals surface area contributed by atoms with Gasteiger partial charge in [-0.1, -0.05) is 44.2 Å². The molecule has 1 aromatic rings. The standard InChI is InChI=1S/C19H30N2O2/c1-3-21(4-2)16-9-8-15-20-19(23)14-10-13-18(22)17-11-6-5-7-12-17/h5-7,11-12H,3-4,8-10,13-16H2,1-2H3,(H,20,23). The summed E-state index contributed by atoms with van der Waals surface area (Å²) in [6.07, 6.45) is 3.58. The van der Waals surface area contributed by atoms with Gasteiger partial charge in [-0.05, 0) is 38.9 Å². The van der Waals surface area contributed by atoms with Crippen LogP contribution in [-0.2, 0) is 4.79 Å². The molecule has 4 nitrogen and oxygen atoms in total. The fraction of sp³-hybridized carbons (Fsp3) is 0.579. The van der Waals surface area contributed by atoms with Crippen molar-refractivity contribution in [1.82, 2.24) is 10.2 Å². The van der Waals surface area contributed by atoms with E-state index < -0.39 is 0 Å². The first-order chi connectivity index (χ1) is 11.2. The number of rotatable bonds is 12. The van der Waals surface area contributed by atoms with Gasteiger partial charge in [-0.2, -0.15) is 0 Å². The summed E-state index contributed by atoms with van der Waals surface area (Å²) in [6, 6.07) is 9.25. The van der Waals surface area contributed by atoms with Gasteiger partial charge in [0.15, 0.2) is 5.78 Å². The Balaban J connectivity index is 2.05. The van der Waals surface area contributed by atoms with Gasteiger partial charge in [0.2, 0.25) is 5.91 Å². The smallest absolute Gasteiger partial charge is 0.220 e. The Morgan fingerprint density at radius 2 is 1.65 bits per heavy atom. The first-order valence-corrected chi connectivity index (χ1v) is 8.74. The molecule has 0 unspecified atom stereocenters. The number of nitrogens with one attached hydrogen (secondary N) is 1. The van der Waals surface area contributed by atoms with Crippen LogP contribution in [0.5, 0.6) is 0 Å². The predicted molar refractivity (Wildman–Crippen MR) is 94.7 cm³/mol. The second-order valence-electron chi connectivity index (χ2n) is 5.73. The van der Waals surface area contributed by atoms with Crippen molar-refractivity contribution in [2.45, 2.75) is 46.0 Å². The van der Waals surface area contributed by atoms with Crippen LogP contribution in [0, 0.1) is 0 Å². The van der Waals surface area contributed by atoms with Crippen molar-refractivity contribution < 1.29 is 9.59 Å². The minimum atomic E-state index is 0.0497. The molecule has 0 aliphatic carbocycles. The Labute approximate surface area is 140 Å². The van der Waals surface area contributed by atoms with Gasteiger partial charge in [0.05, 0.1) is 0 Å². The normalized spacial score (nSPS) is 10.7. The molecule has 0 aliphatic rings. The van der Waals surface area contributed by atoms with Gasteiger partial charge in [-0.15, -0.1) is 0 Å². The minimum Gasteiger partial charge on any atom is -0.356 e. The Morgan fingerprint density at radius 1 is 0.957 bits per heavy atom. The Bertz CT molecular complexity index is 456. The summed E-state index contributed by atoms with van der Waals surface area (Å²) in [5.41, 5.74) is 0.726. The molecule has 0 saturated carbocycles. The fourth-order valence-corrected chi connectivity index (χ4v) is 2.49. The van der Waals surface area contributed by atoms with Crippen molar-refractivity contribution in [2.75, 3.05) is 26.2 Å². The molecular formula is C19H30N2O2. The molecule has 0 fully saturated rings. The molecule has 0 atom stereocenters. The van der Waals surface area contributed by atoms with E-state index in [9.17, 15) is 9.59 Å². The van der Waals surface area contributed by atoms with E-state index in [0.29, 0.717) is 19.3 Å². The maximum atomic E-state index is 11.9. The number of unbranched alkanes of at least 4 members (excludes halogenated alkanes) is 1. The van der Waals surface area contributed by atoms with E-state index in [2.05, 4.69) is 24.1 Å². The molecule has 0 aromatic heterocycles. The number of carbonyl (C=O) groups is 2. The first kappa shape index (κ1) is 19.4. The van der Waals surface area contributed by atoms with Gasteiger partial charge in [-0.25, -0.2) is 0 Å². The second kappa shape index (κ2) is 11.8. The summed E-state index contributed by atoms with van der Waals surface area (Å²) >= 11 is 0. The third-order valence-corrected chi connectivity index (χ3v) is 4.02. The number of ketones is 1. The highest BCUT2D eigenvalue weighted by Crippen LogP contribution is 2.06. The summed E-state index contributed by atoms with van der Waals surface area (Å²) in [7, 11) is 0. The zero-order valence-corrected chi connectivity index (χ0v) is 14.5. The lowest BCUT2D eigenvalue weighted by Crippen LogP contribution is -2.27. The lowest BCUT2D eigenvalue weighted by Gasteiger charge is -2.17. The van der Waals surface area contributed by atoms with Crippen molar-refractivity contribution in [3.8, 4) is 0 Å². The minimum absolute atomic E-state index is 0.0497. The summed E-state index contributed by atoms with van der Waals surface area (Å²) in [6.45, 7) is 8.32. The van der Waals surface area contributed by atoms with Crippen LogP contribution in [-0.4, -0.2) is 42.8 Å². The van der Waals surface area contributed by atoms with E-state index >= 15 is 0 Å². The summed E-state index contributed by atoms with van der Waals surface area (Å²) < 4.78 is 0. The molecule has 1 amide bonds. The highest BCUT2D eigenvalue weighted by molar-refractivity contribution is 5.96. The van der Waals surface area contributed by atoms with Gasteiger partial charge in [0.1, 0.15) is 0 Å². The van der Waals surface area contributed by atoms with Crippen LogP contribution < -0.4 is 5.32 Å². The van der Waals surface area contributed by atoms with E-state index in [1.54, 1.807) is 0 Å². The van der Waals surface area contributed by atoms with E-state index in [1.165, 1.54) is 0 Å². The fourth-order valence-electron chi connectivity index (χ4n) is 2.49. The third kappa shape index (κ3) is 8.50. The molecule has 0 spiro atoms. The average Bonchev–Trinajstić information content (AvgIpc) is 2.58. The second-order valence-corrected chi connectivity index (χ2v) is 5.73. The molecule has 23 heavy (non-hydrogen) atoms. The Kier molecular flexibility index (Phi) is 9.96. The van der Waals surface area contributed by atoms with E-state index in [0.717, 1.165) is 44.6 Å². The van der Waals surface area contributed by atoms with Gasteiger partial charge in [-0.3, -0.25) is 9.59 Å². The van der Waals surface area contributed by atoms with E-state index in [-0.39, 0.29) is 11.7 Å². The summed E-state index contributed by atoms with van der Waals surface area (Å²) in [5.74, 6) is 0.159. The van der Waals surface area contributed by atoms with Crippen LogP contribution in [0.4, 0.5) is 0 Å². The van der Waals surface area contributed by atoms with Gasteiger partial charge >= 0.3 is 0 Å². The number of nitrogens with zero attached hydrogens (tertiary/aromatic N) is 1. The van der Waals surface area contributed by atoms with Crippen LogP contribution in [0.15, 0.2) is 30.3 Å². The zero-order valence-electron chi connectivity index (χ0n) is 14.5. The SMILES string of the molecule is CCN(CC)CCCCNC(=O)CCCC(=O)c1ccccc1. The maximum absolute atomic E-state index is 11.9. The van der Waals surface area contributed by atoms with E-state index in [4.69, 9.17) is 0 Å². The van der Waals surface area contributed by atoms with Crippen LogP contribution in [0.2, 0.25) is 0 Å². The molecular weight excluding hydrogens is 288 g/mol.